The van der Waals surface area contributed by atoms with Crippen molar-refractivity contribution in [2.45, 2.75) is 77.4 Å². The van der Waals surface area contributed by atoms with Gasteiger partial charge in [-0.3, -0.25) is 13.9 Å². The van der Waals surface area contributed by atoms with Gasteiger partial charge in [0.05, 0.1) is 11.9 Å². The van der Waals surface area contributed by atoms with E-state index in [9.17, 15) is 18.0 Å². The van der Waals surface area contributed by atoms with Crippen LogP contribution in [-0.2, 0) is 26.2 Å². The van der Waals surface area contributed by atoms with Gasteiger partial charge in [-0.25, -0.2) is 8.42 Å². The average molecular weight is 514 g/mol. The normalized spacial score (nSPS) is 14.9. The quantitative estimate of drug-likeness (QED) is 0.456. The second-order valence-corrected chi connectivity index (χ2v) is 11.6. The zero-order valence-electron chi connectivity index (χ0n) is 21.7. The van der Waals surface area contributed by atoms with Crippen LogP contribution in [0.4, 0.5) is 5.69 Å². The molecule has 1 atom stereocenters. The number of carbonyl (C=O) groups excluding carboxylic acids is 2. The Hall–Kier alpha value is -2.87. The highest BCUT2D eigenvalue weighted by atomic mass is 32.2. The van der Waals surface area contributed by atoms with Crippen molar-refractivity contribution in [1.29, 1.82) is 0 Å². The molecule has 0 saturated heterocycles. The second kappa shape index (κ2) is 12.9. The number of nitrogens with zero attached hydrogens (tertiary/aromatic N) is 2. The van der Waals surface area contributed by atoms with Crippen molar-refractivity contribution >= 4 is 27.5 Å². The summed E-state index contributed by atoms with van der Waals surface area (Å²) < 4.78 is 26.2. The third-order valence-electron chi connectivity index (χ3n) is 6.76. The Morgan fingerprint density at radius 3 is 2.25 bits per heavy atom. The summed E-state index contributed by atoms with van der Waals surface area (Å²) in [6.45, 7) is 4.40. The molecule has 2 aromatic carbocycles. The van der Waals surface area contributed by atoms with Crippen LogP contribution in [0.5, 0.6) is 0 Å². The lowest BCUT2D eigenvalue weighted by Crippen LogP contribution is -2.51. The van der Waals surface area contributed by atoms with Gasteiger partial charge in [0, 0.05) is 25.6 Å². The Bertz CT molecular complexity index is 1100. The van der Waals surface area contributed by atoms with Gasteiger partial charge in [-0.2, -0.15) is 0 Å². The van der Waals surface area contributed by atoms with E-state index < -0.39 is 16.1 Å². The van der Waals surface area contributed by atoms with Crippen molar-refractivity contribution in [3.05, 3.63) is 65.7 Å². The standard InChI is InChI=1S/C28H39N3O4S/c1-4-26(28(33)29-24-13-8-9-14-24)30(21-23-11-6-5-7-12-23)27(32)15-10-20-31(36(3,34)35)25-18-16-22(2)17-19-25/h5-7,11-12,16-19,24,26H,4,8-10,13-15,20-21H2,1-3H3,(H,29,33)/t26-/m0/s1. The van der Waals surface area contributed by atoms with Crippen LogP contribution in [0.25, 0.3) is 0 Å². The van der Waals surface area contributed by atoms with Crippen molar-refractivity contribution in [1.82, 2.24) is 10.2 Å². The number of hydrogen-bond donors (Lipinski definition) is 1. The minimum absolute atomic E-state index is 0.105. The Labute approximate surface area is 215 Å². The highest BCUT2D eigenvalue weighted by Gasteiger charge is 2.30. The highest BCUT2D eigenvalue weighted by Crippen LogP contribution is 2.21. The zero-order chi connectivity index (χ0) is 26.1. The van der Waals surface area contributed by atoms with Crippen LogP contribution < -0.4 is 9.62 Å². The van der Waals surface area contributed by atoms with Crippen molar-refractivity contribution in [3.8, 4) is 0 Å². The predicted octanol–water partition coefficient (Wildman–Crippen LogP) is 4.41. The molecule has 0 unspecified atom stereocenters. The van der Waals surface area contributed by atoms with E-state index in [1.807, 2.05) is 56.3 Å². The molecule has 7 nitrogen and oxygen atoms in total. The Morgan fingerprint density at radius 1 is 1.03 bits per heavy atom. The number of carbonyl (C=O) groups is 2. The first-order chi connectivity index (χ1) is 17.2. The summed E-state index contributed by atoms with van der Waals surface area (Å²) in [5, 5.41) is 3.15. The predicted molar refractivity (Wildman–Crippen MR) is 144 cm³/mol. The molecule has 0 radical (unpaired) electrons. The van der Waals surface area contributed by atoms with Gasteiger partial charge in [-0.1, -0.05) is 67.8 Å². The van der Waals surface area contributed by atoms with Gasteiger partial charge in [0.1, 0.15) is 6.04 Å². The lowest BCUT2D eigenvalue weighted by atomic mass is 10.1. The molecule has 1 fully saturated rings. The Balaban J connectivity index is 1.72. The van der Waals surface area contributed by atoms with E-state index in [0.29, 0.717) is 25.1 Å². The van der Waals surface area contributed by atoms with Gasteiger partial charge in [0.2, 0.25) is 21.8 Å². The lowest BCUT2D eigenvalue weighted by molar-refractivity contribution is -0.141. The molecule has 3 rings (SSSR count). The maximum absolute atomic E-state index is 13.5. The van der Waals surface area contributed by atoms with E-state index in [2.05, 4.69) is 5.32 Å². The molecule has 0 aliphatic heterocycles. The van der Waals surface area contributed by atoms with E-state index in [-0.39, 0.29) is 30.8 Å². The van der Waals surface area contributed by atoms with Crippen LogP contribution in [0.3, 0.4) is 0 Å². The zero-order valence-corrected chi connectivity index (χ0v) is 22.5. The van der Waals surface area contributed by atoms with E-state index >= 15 is 0 Å². The summed E-state index contributed by atoms with van der Waals surface area (Å²) in [6.07, 6.45) is 6.39. The molecule has 0 heterocycles. The monoisotopic (exact) mass is 513 g/mol. The van der Waals surface area contributed by atoms with Gasteiger partial charge in [-0.05, 0) is 50.3 Å². The third-order valence-corrected chi connectivity index (χ3v) is 7.95. The van der Waals surface area contributed by atoms with E-state index in [0.717, 1.165) is 36.8 Å². The Morgan fingerprint density at radius 2 is 1.67 bits per heavy atom. The molecular formula is C28H39N3O4S. The summed E-state index contributed by atoms with van der Waals surface area (Å²) in [5.74, 6) is -0.254. The maximum atomic E-state index is 13.5. The molecule has 1 aliphatic carbocycles. The topological polar surface area (TPSA) is 86.8 Å². The number of nitrogens with one attached hydrogen (secondary N) is 1. The first-order valence-corrected chi connectivity index (χ1v) is 14.7. The Kier molecular flexibility index (Phi) is 9.93. The summed E-state index contributed by atoms with van der Waals surface area (Å²) in [4.78, 5) is 28.3. The molecule has 196 valence electrons. The molecule has 0 spiro atoms. The highest BCUT2D eigenvalue weighted by molar-refractivity contribution is 7.92. The fourth-order valence-corrected chi connectivity index (χ4v) is 5.75. The van der Waals surface area contributed by atoms with Crippen LogP contribution in [0.1, 0.15) is 63.0 Å². The molecule has 1 aliphatic rings. The van der Waals surface area contributed by atoms with Gasteiger partial charge in [0.15, 0.2) is 0 Å². The van der Waals surface area contributed by atoms with E-state index in [1.54, 1.807) is 17.0 Å². The first-order valence-electron chi connectivity index (χ1n) is 12.9. The van der Waals surface area contributed by atoms with Crippen molar-refractivity contribution in [2.24, 2.45) is 0 Å². The number of benzene rings is 2. The number of rotatable bonds is 12. The van der Waals surface area contributed by atoms with Gasteiger partial charge < -0.3 is 10.2 Å². The summed E-state index contributed by atoms with van der Waals surface area (Å²) >= 11 is 0. The summed E-state index contributed by atoms with van der Waals surface area (Å²) in [6, 6.07) is 16.6. The minimum Gasteiger partial charge on any atom is -0.352 e. The van der Waals surface area contributed by atoms with Gasteiger partial charge in [0.25, 0.3) is 0 Å². The van der Waals surface area contributed by atoms with Crippen molar-refractivity contribution in [3.63, 3.8) is 0 Å². The number of sulfonamides is 1. The van der Waals surface area contributed by atoms with Crippen LogP contribution >= 0.6 is 0 Å². The van der Waals surface area contributed by atoms with Crippen LogP contribution in [0, 0.1) is 6.92 Å². The minimum atomic E-state index is -3.50. The number of amides is 2. The third kappa shape index (κ3) is 7.82. The van der Waals surface area contributed by atoms with Crippen molar-refractivity contribution < 1.29 is 18.0 Å². The molecule has 8 heteroatoms. The molecule has 0 aromatic heterocycles. The fourth-order valence-electron chi connectivity index (χ4n) is 4.78. The first kappa shape index (κ1) is 27.7. The summed E-state index contributed by atoms with van der Waals surface area (Å²) in [7, 11) is -3.50. The second-order valence-electron chi connectivity index (χ2n) is 9.70. The molecular weight excluding hydrogens is 474 g/mol. The number of hydrogen-bond acceptors (Lipinski definition) is 4. The molecule has 1 N–H and O–H groups in total. The SMILES string of the molecule is CC[C@@H](C(=O)NC1CCCC1)N(Cc1ccccc1)C(=O)CCCN(c1ccc(C)cc1)S(C)(=O)=O. The van der Waals surface area contributed by atoms with E-state index in [1.165, 1.54) is 10.6 Å². The average Bonchev–Trinajstić information content (AvgIpc) is 3.35. The number of anilines is 1. The molecule has 36 heavy (non-hydrogen) atoms. The maximum Gasteiger partial charge on any atom is 0.243 e. The molecule has 2 aromatic rings. The molecule has 2 amide bonds. The van der Waals surface area contributed by atoms with Crippen LogP contribution in [0.2, 0.25) is 0 Å². The molecule has 0 bridgehead atoms. The smallest absolute Gasteiger partial charge is 0.243 e. The van der Waals surface area contributed by atoms with Crippen LogP contribution in [0.15, 0.2) is 54.6 Å². The summed E-state index contributed by atoms with van der Waals surface area (Å²) in [5.41, 5.74) is 2.58. The van der Waals surface area contributed by atoms with E-state index in [4.69, 9.17) is 0 Å². The number of aryl methyl sites for hydroxylation is 1. The van der Waals surface area contributed by atoms with Gasteiger partial charge in [-0.15, -0.1) is 0 Å². The lowest BCUT2D eigenvalue weighted by Gasteiger charge is -2.32. The molecule has 1 saturated carbocycles. The van der Waals surface area contributed by atoms with Gasteiger partial charge >= 0.3 is 0 Å². The van der Waals surface area contributed by atoms with Crippen molar-refractivity contribution in [2.75, 3.05) is 17.1 Å². The fraction of sp³-hybridized carbons (Fsp3) is 0.500. The largest absolute Gasteiger partial charge is 0.352 e. The van der Waals surface area contributed by atoms with Crippen LogP contribution in [-0.4, -0.2) is 50.0 Å².